The topological polar surface area (TPSA) is 26.0 Å². The molecule has 1 unspecified atom stereocenters. The highest BCUT2D eigenvalue weighted by atomic mass is 79.9. The van der Waals surface area contributed by atoms with Gasteiger partial charge in [0.2, 0.25) is 0 Å². The van der Waals surface area contributed by atoms with Gasteiger partial charge in [0.05, 0.1) is 0 Å². The summed E-state index contributed by atoms with van der Waals surface area (Å²) in [5, 5.41) is 0. The summed E-state index contributed by atoms with van der Waals surface area (Å²) in [6.07, 6.45) is 8.19. The fraction of sp³-hybridized carbons (Fsp3) is 0.692. The Hall–Kier alpha value is 0.140. The Bertz CT molecular complexity index is 322. The molecule has 1 aliphatic carbocycles. The summed E-state index contributed by atoms with van der Waals surface area (Å²) >= 11 is 5.39. The summed E-state index contributed by atoms with van der Waals surface area (Å²) in [5.74, 6) is 0.954. The van der Waals surface area contributed by atoms with Gasteiger partial charge in [-0.05, 0) is 47.7 Å². The van der Waals surface area contributed by atoms with E-state index in [2.05, 4.69) is 28.9 Å². The second-order valence-corrected chi connectivity index (χ2v) is 7.03. The van der Waals surface area contributed by atoms with Crippen LogP contribution in [-0.2, 0) is 0 Å². The molecule has 1 fully saturated rings. The van der Waals surface area contributed by atoms with E-state index in [9.17, 15) is 0 Å². The van der Waals surface area contributed by atoms with Gasteiger partial charge >= 0.3 is 0 Å². The molecule has 1 heterocycles. The number of nitrogens with two attached hydrogens (primary N) is 1. The van der Waals surface area contributed by atoms with Crippen LogP contribution in [0.5, 0.6) is 0 Å². The van der Waals surface area contributed by atoms with Crippen molar-refractivity contribution in [2.45, 2.75) is 51.5 Å². The minimum absolute atomic E-state index is 0.246. The summed E-state index contributed by atoms with van der Waals surface area (Å²) in [5.41, 5.74) is 6.24. The summed E-state index contributed by atoms with van der Waals surface area (Å²) in [7, 11) is 0. The van der Waals surface area contributed by atoms with Crippen LogP contribution in [-0.4, -0.2) is 0 Å². The van der Waals surface area contributed by atoms with Crippen molar-refractivity contribution in [2.75, 3.05) is 0 Å². The molecule has 1 aromatic rings. The molecule has 1 atom stereocenters. The lowest BCUT2D eigenvalue weighted by molar-refractivity contribution is 0.456. The first kappa shape index (κ1) is 12.6. The third-order valence-electron chi connectivity index (χ3n) is 3.60. The zero-order chi connectivity index (χ0) is 11.5. The second-order valence-electron chi connectivity index (χ2n) is 4.89. The third kappa shape index (κ3) is 3.08. The van der Waals surface area contributed by atoms with Crippen LogP contribution < -0.4 is 5.73 Å². The van der Waals surface area contributed by atoms with Crippen molar-refractivity contribution in [3.05, 3.63) is 20.3 Å². The first-order valence-corrected chi connectivity index (χ1v) is 7.79. The Morgan fingerprint density at radius 1 is 1.50 bits per heavy atom. The van der Waals surface area contributed by atoms with Crippen LogP contribution in [0.4, 0.5) is 0 Å². The standard InChI is InChI=1S/C13H20BrNS/c1-9-11(14)8-13(16-9)12(15)7-6-10-4-2-3-5-10/h8,10,12H,2-7,15H2,1H3. The van der Waals surface area contributed by atoms with Crippen LogP contribution in [0, 0.1) is 12.8 Å². The number of hydrogen-bond acceptors (Lipinski definition) is 2. The Morgan fingerprint density at radius 3 is 2.75 bits per heavy atom. The van der Waals surface area contributed by atoms with Gasteiger partial charge in [0.15, 0.2) is 0 Å². The van der Waals surface area contributed by atoms with E-state index in [-0.39, 0.29) is 6.04 Å². The molecule has 0 bridgehead atoms. The molecule has 0 amide bonds. The minimum Gasteiger partial charge on any atom is -0.323 e. The molecule has 1 nitrogen and oxygen atoms in total. The van der Waals surface area contributed by atoms with Gasteiger partial charge < -0.3 is 5.73 Å². The maximum absolute atomic E-state index is 6.24. The smallest absolute Gasteiger partial charge is 0.0390 e. The lowest BCUT2D eigenvalue weighted by atomic mass is 9.98. The molecule has 1 aliphatic rings. The average molecular weight is 302 g/mol. The van der Waals surface area contributed by atoms with E-state index in [1.54, 1.807) is 0 Å². The fourth-order valence-corrected chi connectivity index (χ4v) is 4.12. The summed E-state index contributed by atoms with van der Waals surface area (Å²) < 4.78 is 1.21. The molecule has 0 saturated heterocycles. The van der Waals surface area contributed by atoms with Crippen molar-refractivity contribution in [1.82, 2.24) is 0 Å². The first-order valence-electron chi connectivity index (χ1n) is 6.18. The van der Waals surface area contributed by atoms with Crippen LogP contribution in [0.2, 0.25) is 0 Å². The normalized spacial score (nSPS) is 19.2. The summed E-state index contributed by atoms with van der Waals surface area (Å²) in [6, 6.07) is 2.44. The van der Waals surface area contributed by atoms with Crippen molar-refractivity contribution in [1.29, 1.82) is 0 Å². The molecule has 2 N–H and O–H groups in total. The van der Waals surface area contributed by atoms with Gasteiger partial charge in [-0.25, -0.2) is 0 Å². The second kappa shape index (κ2) is 5.65. The number of rotatable bonds is 4. The maximum Gasteiger partial charge on any atom is 0.0390 e. The van der Waals surface area contributed by atoms with E-state index >= 15 is 0 Å². The molecule has 16 heavy (non-hydrogen) atoms. The largest absolute Gasteiger partial charge is 0.323 e. The molecular weight excluding hydrogens is 282 g/mol. The highest BCUT2D eigenvalue weighted by molar-refractivity contribution is 9.10. The Morgan fingerprint density at radius 2 is 2.19 bits per heavy atom. The zero-order valence-electron chi connectivity index (χ0n) is 9.84. The Kier molecular flexibility index (Phi) is 4.45. The van der Waals surface area contributed by atoms with Crippen LogP contribution >= 0.6 is 27.3 Å². The summed E-state index contributed by atoms with van der Waals surface area (Å²) in [6.45, 7) is 2.14. The molecule has 0 radical (unpaired) electrons. The molecule has 0 aromatic carbocycles. The maximum atomic E-state index is 6.24. The molecular formula is C13H20BrNS. The Balaban J connectivity index is 1.84. The highest BCUT2D eigenvalue weighted by Gasteiger charge is 2.17. The van der Waals surface area contributed by atoms with Crippen LogP contribution in [0.15, 0.2) is 10.5 Å². The van der Waals surface area contributed by atoms with Gasteiger partial charge in [0.1, 0.15) is 0 Å². The molecule has 1 aromatic heterocycles. The van der Waals surface area contributed by atoms with Gasteiger partial charge in [-0.1, -0.05) is 25.7 Å². The van der Waals surface area contributed by atoms with E-state index in [4.69, 9.17) is 5.73 Å². The average Bonchev–Trinajstić information content (AvgIpc) is 2.86. The van der Waals surface area contributed by atoms with Crippen LogP contribution in [0.25, 0.3) is 0 Å². The molecule has 1 saturated carbocycles. The fourth-order valence-electron chi connectivity index (χ4n) is 2.52. The first-order chi connectivity index (χ1) is 7.66. The van der Waals surface area contributed by atoms with E-state index in [1.807, 2.05) is 11.3 Å². The van der Waals surface area contributed by atoms with Gasteiger partial charge in [-0.15, -0.1) is 11.3 Å². The number of hydrogen-bond donors (Lipinski definition) is 1. The monoisotopic (exact) mass is 301 g/mol. The van der Waals surface area contributed by atoms with Gasteiger partial charge in [-0.2, -0.15) is 0 Å². The predicted octanol–water partition coefficient (Wildman–Crippen LogP) is 4.79. The van der Waals surface area contributed by atoms with Crippen molar-refractivity contribution < 1.29 is 0 Å². The highest BCUT2D eigenvalue weighted by Crippen LogP contribution is 2.34. The van der Waals surface area contributed by atoms with Gasteiger partial charge in [0.25, 0.3) is 0 Å². The van der Waals surface area contributed by atoms with Gasteiger partial charge in [0, 0.05) is 20.3 Å². The van der Waals surface area contributed by atoms with Crippen LogP contribution in [0.1, 0.15) is 54.3 Å². The predicted molar refractivity (Wildman–Crippen MR) is 74.9 cm³/mol. The van der Waals surface area contributed by atoms with E-state index in [0.717, 1.165) is 12.3 Å². The quantitative estimate of drug-likeness (QED) is 0.850. The zero-order valence-corrected chi connectivity index (χ0v) is 12.2. The lowest BCUT2D eigenvalue weighted by Gasteiger charge is -2.13. The molecule has 0 spiro atoms. The van der Waals surface area contributed by atoms with E-state index < -0.39 is 0 Å². The van der Waals surface area contributed by atoms with Crippen LogP contribution in [0.3, 0.4) is 0 Å². The van der Waals surface area contributed by atoms with Crippen molar-refractivity contribution in [3.63, 3.8) is 0 Å². The van der Waals surface area contributed by atoms with E-state index in [1.165, 1.54) is 46.3 Å². The number of halogens is 1. The molecule has 2 rings (SSSR count). The van der Waals surface area contributed by atoms with Gasteiger partial charge in [-0.3, -0.25) is 0 Å². The molecule has 90 valence electrons. The van der Waals surface area contributed by atoms with Crippen molar-refractivity contribution in [3.8, 4) is 0 Å². The SMILES string of the molecule is Cc1sc(C(N)CCC2CCCC2)cc1Br. The third-order valence-corrected chi connectivity index (χ3v) is 5.87. The Labute approximate surface area is 111 Å². The minimum atomic E-state index is 0.246. The molecule has 3 heteroatoms. The van der Waals surface area contributed by atoms with Crippen molar-refractivity contribution in [2.24, 2.45) is 11.7 Å². The number of thiophene rings is 1. The lowest BCUT2D eigenvalue weighted by Crippen LogP contribution is -2.10. The molecule has 0 aliphatic heterocycles. The van der Waals surface area contributed by atoms with Crippen molar-refractivity contribution >= 4 is 27.3 Å². The van der Waals surface area contributed by atoms with E-state index in [0.29, 0.717) is 0 Å². The number of aryl methyl sites for hydroxylation is 1. The summed E-state index contributed by atoms with van der Waals surface area (Å²) in [4.78, 5) is 2.67.